The number of thiol groups is 1. The van der Waals surface area contributed by atoms with Gasteiger partial charge in [0.1, 0.15) is 10.1 Å². The second-order valence-electron chi connectivity index (χ2n) is 3.95. The number of carboxylic acids is 1. The number of aliphatic carboxylic acids is 1. The predicted molar refractivity (Wildman–Crippen MR) is 73.1 cm³/mol. The first-order valence-electron chi connectivity index (χ1n) is 5.08. The second kappa shape index (κ2) is 5.97. The predicted octanol–water partition coefficient (Wildman–Crippen LogP) is 2.69. The smallest absolute Gasteiger partial charge is 0.328 e. The Hall–Kier alpha value is -1.14. The molecule has 0 aliphatic carbocycles. The minimum absolute atomic E-state index is 0.106. The summed E-state index contributed by atoms with van der Waals surface area (Å²) in [7, 11) is 0. The van der Waals surface area contributed by atoms with Gasteiger partial charge >= 0.3 is 5.97 Å². The van der Waals surface area contributed by atoms with Crippen molar-refractivity contribution >= 4 is 41.1 Å². The third-order valence-electron chi connectivity index (χ3n) is 1.91. The summed E-state index contributed by atoms with van der Waals surface area (Å²) in [5.41, 5.74) is 0.625. The van der Waals surface area contributed by atoms with Gasteiger partial charge in [0.25, 0.3) is 0 Å². The van der Waals surface area contributed by atoms with Crippen molar-refractivity contribution in [1.82, 2.24) is 4.98 Å². The van der Waals surface area contributed by atoms with Crippen LogP contribution in [-0.2, 0) is 11.2 Å². The molecule has 17 heavy (non-hydrogen) atoms. The second-order valence-corrected chi connectivity index (χ2v) is 5.48. The topological polar surface area (TPSA) is 74.0 Å². The maximum atomic E-state index is 10.5. The van der Waals surface area contributed by atoms with E-state index in [0.29, 0.717) is 16.6 Å². The minimum atomic E-state index is -1.00. The normalized spacial score (nSPS) is 11.3. The van der Waals surface area contributed by atoms with Crippen molar-refractivity contribution in [3.63, 3.8) is 0 Å². The molecular weight excluding hydrogens is 256 g/mol. The molecule has 0 fully saturated rings. The molecule has 0 bridgehead atoms. The number of thiazole rings is 1. The van der Waals surface area contributed by atoms with E-state index in [1.54, 1.807) is 0 Å². The molecule has 0 atom stereocenters. The van der Waals surface area contributed by atoms with E-state index in [-0.39, 0.29) is 5.04 Å². The van der Waals surface area contributed by atoms with Crippen molar-refractivity contribution in [2.45, 2.75) is 20.3 Å². The number of hydrogen-bond donors (Lipinski definition) is 3. The average Bonchev–Trinajstić information content (AvgIpc) is 2.57. The molecule has 0 radical (unpaired) electrons. The molecule has 1 aromatic rings. The van der Waals surface area contributed by atoms with Gasteiger partial charge in [-0.1, -0.05) is 13.8 Å². The van der Waals surface area contributed by atoms with Crippen LogP contribution in [-0.4, -0.2) is 21.1 Å². The summed E-state index contributed by atoms with van der Waals surface area (Å²) in [4.78, 5) is 15.7. The number of hydrogen-bond acceptors (Lipinski definition) is 4. The van der Waals surface area contributed by atoms with Crippen LogP contribution in [0.3, 0.4) is 0 Å². The maximum Gasteiger partial charge on any atom is 0.328 e. The number of rotatable bonds is 5. The molecule has 0 saturated heterocycles. The lowest BCUT2D eigenvalue weighted by atomic mass is 10.1. The lowest BCUT2D eigenvalue weighted by Gasteiger charge is -2.01. The summed E-state index contributed by atoms with van der Waals surface area (Å²) in [5, 5.41) is 16.6. The Kier molecular flexibility index (Phi) is 4.89. The van der Waals surface area contributed by atoms with Gasteiger partial charge in [0.05, 0.1) is 5.69 Å². The van der Waals surface area contributed by atoms with Gasteiger partial charge < -0.3 is 5.11 Å². The highest BCUT2D eigenvalue weighted by Crippen LogP contribution is 2.24. The molecule has 0 unspecified atom stereocenters. The van der Waals surface area contributed by atoms with Crippen LogP contribution in [0.2, 0.25) is 0 Å². The van der Waals surface area contributed by atoms with Gasteiger partial charge in [-0.3, -0.25) is 5.41 Å². The number of aromatic nitrogens is 1. The molecule has 2 N–H and O–H groups in total. The van der Waals surface area contributed by atoms with E-state index in [4.69, 9.17) is 10.5 Å². The van der Waals surface area contributed by atoms with Crippen molar-refractivity contribution in [3.05, 3.63) is 21.7 Å². The molecule has 92 valence electrons. The van der Waals surface area contributed by atoms with Crippen LogP contribution in [0.4, 0.5) is 0 Å². The maximum absolute atomic E-state index is 10.5. The molecule has 1 aromatic heterocycles. The summed E-state index contributed by atoms with van der Waals surface area (Å²) in [6, 6.07) is 0. The van der Waals surface area contributed by atoms with Crippen molar-refractivity contribution < 1.29 is 9.90 Å². The Labute approximate surface area is 109 Å². The van der Waals surface area contributed by atoms with Gasteiger partial charge in [0, 0.05) is 11.0 Å². The van der Waals surface area contributed by atoms with E-state index in [1.165, 1.54) is 17.4 Å². The van der Waals surface area contributed by atoms with Gasteiger partial charge in [-0.25, -0.2) is 9.78 Å². The van der Waals surface area contributed by atoms with Crippen molar-refractivity contribution in [3.8, 4) is 0 Å². The Morgan fingerprint density at radius 1 is 1.65 bits per heavy atom. The fourth-order valence-corrected chi connectivity index (χ4v) is 2.56. The molecule has 0 saturated carbocycles. The fraction of sp³-hybridized carbons (Fsp3) is 0.364. The van der Waals surface area contributed by atoms with Crippen molar-refractivity contribution in [2.75, 3.05) is 0 Å². The van der Waals surface area contributed by atoms with Crippen LogP contribution in [0.15, 0.2) is 6.08 Å². The minimum Gasteiger partial charge on any atom is -0.478 e. The average molecular weight is 270 g/mol. The summed E-state index contributed by atoms with van der Waals surface area (Å²) in [6.45, 7) is 4.16. The summed E-state index contributed by atoms with van der Waals surface area (Å²) >= 11 is 5.33. The van der Waals surface area contributed by atoms with E-state index in [2.05, 4.69) is 31.5 Å². The standard InChI is InChI=1S/C11H14N2O2S2/c1-6(2)5-8-7(3-4-9(14)15)13-11(17-8)10(12)16/h3-4,6H,5H2,1-2H3,(H2,12,16)(H,14,15)/b4-3+. The zero-order chi connectivity index (χ0) is 13.0. The molecule has 0 amide bonds. The van der Waals surface area contributed by atoms with Crippen LogP contribution < -0.4 is 0 Å². The highest BCUT2D eigenvalue weighted by atomic mass is 32.1. The first-order valence-corrected chi connectivity index (χ1v) is 6.35. The highest BCUT2D eigenvalue weighted by Gasteiger charge is 2.12. The highest BCUT2D eigenvalue weighted by molar-refractivity contribution is 7.97. The van der Waals surface area contributed by atoms with E-state index in [9.17, 15) is 4.79 Å². The van der Waals surface area contributed by atoms with E-state index in [1.807, 2.05) is 0 Å². The van der Waals surface area contributed by atoms with Crippen LogP contribution in [0.5, 0.6) is 0 Å². The first-order chi connectivity index (χ1) is 7.90. The molecule has 0 aliphatic rings. The van der Waals surface area contributed by atoms with Gasteiger partial charge in [-0.15, -0.1) is 24.0 Å². The third-order valence-corrected chi connectivity index (χ3v) is 3.38. The quantitative estimate of drug-likeness (QED) is 0.333. The van der Waals surface area contributed by atoms with Crippen LogP contribution >= 0.6 is 24.0 Å². The number of nitrogens with one attached hydrogen (secondary N) is 1. The number of carbonyl (C=O) groups is 1. The zero-order valence-corrected chi connectivity index (χ0v) is 11.3. The SMILES string of the molecule is CC(C)Cc1sc(C(=N)S)nc1/C=C/C(=O)O. The Bertz CT molecular complexity index is 464. The zero-order valence-electron chi connectivity index (χ0n) is 9.60. The molecule has 0 aliphatic heterocycles. The lowest BCUT2D eigenvalue weighted by Crippen LogP contribution is -1.94. The van der Waals surface area contributed by atoms with Gasteiger partial charge in [0.15, 0.2) is 0 Å². The lowest BCUT2D eigenvalue weighted by molar-refractivity contribution is -0.131. The van der Waals surface area contributed by atoms with E-state index < -0.39 is 5.97 Å². The third kappa shape index (κ3) is 4.32. The summed E-state index contributed by atoms with van der Waals surface area (Å²) < 4.78 is 0. The van der Waals surface area contributed by atoms with Gasteiger partial charge in [-0.05, 0) is 18.4 Å². The van der Waals surface area contributed by atoms with Crippen LogP contribution in [0.1, 0.15) is 29.4 Å². The van der Waals surface area contributed by atoms with Gasteiger partial charge in [0.2, 0.25) is 0 Å². The number of nitrogens with zero attached hydrogens (tertiary/aromatic N) is 1. The molecule has 0 spiro atoms. The molecule has 1 heterocycles. The van der Waals surface area contributed by atoms with E-state index in [0.717, 1.165) is 17.4 Å². The van der Waals surface area contributed by atoms with E-state index >= 15 is 0 Å². The largest absolute Gasteiger partial charge is 0.478 e. The van der Waals surface area contributed by atoms with Crippen molar-refractivity contribution in [2.24, 2.45) is 5.92 Å². The summed E-state index contributed by atoms with van der Waals surface area (Å²) in [5.74, 6) is -0.551. The van der Waals surface area contributed by atoms with Crippen LogP contribution in [0.25, 0.3) is 6.08 Å². The fourth-order valence-electron chi connectivity index (χ4n) is 1.26. The molecule has 1 rings (SSSR count). The monoisotopic (exact) mass is 270 g/mol. The van der Waals surface area contributed by atoms with Crippen molar-refractivity contribution in [1.29, 1.82) is 5.41 Å². The Morgan fingerprint density at radius 2 is 2.29 bits per heavy atom. The molecule has 4 nitrogen and oxygen atoms in total. The van der Waals surface area contributed by atoms with Gasteiger partial charge in [-0.2, -0.15) is 0 Å². The summed E-state index contributed by atoms with van der Waals surface area (Å²) in [6.07, 6.45) is 3.35. The Morgan fingerprint density at radius 3 is 2.76 bits per heavy atom. The molecular formula is C11H14N2O2S2. The Balaban J connectivity index is 3.07. The molecule has 0 aromatic carbocycles. The number of carboxylic acid groups (broad SMARTS) is 1. The molecule has 6 heteroatoms. The first kappa shape index (κ1) is 13.9. The van der Waals surface area contributed by atoms with Crippen LogP contribution in [0, 0.1) is 11.3 Å².